The summed E-state index contributed by atoms with van der Waals surface area (Å²) in [5.74, 6) is -0.115. The van der Waals surface area contributed by atoms with E-state index in [1.807, 2.05) is 0 Å². The minimum Gasteiger partial charge on any atom is -0.305 e. The number of aromatic nitrogens is 1. The summed E-state index contributed by atoms with van der Waals surface area (Å²) in [7, 11) is 0. The standard InChI is InChI=1S/C8H6BrClF3NO/c9-6-1-5(2-10)7(15)14(3-6)4-8(11,12)13/h1,3H,2,4H2. The molecular weight excluding hydrogens is 298 g/mol. The van der Waals surface area contributed by atoms with Crippen molar-refractivity contribution in [3.8, 4) is 0 Å². The maximum absolute atomic E-state index is 12.1. The molecule has 0 fully saturated rings. The predicted molar refractivity (Wildman–Crippen MR) is 54.0 cm³/mol. The lowest BCUT2D eigenvalue weighted by molar-refractivity contribution is -0.141. The van der Waals surface area contributed by atoms with E-state index in [0.29, 0.717) is 9.04 Å². The van der Waals surface area contributed by atoms with Gasteiger partial charge in [-0.2, -0.15) is 13.2 Å². The van der Waals surface area contributed by atoms with Gasteiger partial charge in [-0.1, -0.05) is 0 Å². The SMILES string of the molecule is O=c1c(CCl)cc(Br)cn1CC(F)(F)F. The molecule has 84 valence electrons. The van der Waals surface area contributed by atoms with E-state index in [2.05, 4.69) is 15.9 Å². The summed E-state index contributed by atoms with van der Waals surface area (Å²) in [6.07, 6.45) is -3.33. The molecule has 0 aliphatic carbocycles. The highest BCUT2D eigenvalue weighted by molar-refractivity contribution is 9.10. The van der Waals surface area contributed by atoms with Gasteiger partial charge in [0.15, 0.2) is 0 Å². The molecule has 0 aliphatic rings. The lowest BCUT2D eigenvalue weighted by atomic mass is 10.3. The van der Waals surface area contributed by atoms with Gasteiger partial charge in [-0.3, -0.25) is 4.79 Å². The van der Waals surface area contributed by atoms with Crippen LogP contribution in [0.3, 0.4) is 0 Å². The third-order valence-corrected chi connectivity index (χ3v) is 2.34. The Morgan fingerprint density at radius 3 is 2.53 bits per heavy atom. The van der Waals surface area contributed by atoms with Gasteiger partial charge >= 0.3 is 6.18 Å². The van der Waals surface area contributed by atoms with Gasteiger partial charge < -0.3 is 4.57 Å². The molecule has 0 saturated heterocycles. The summed E-state index contributed by atoms with van der Waals surface area (Å²) in [5.41, 5.74) is -0.583. The second kappa shape index (κ2) is 4.57. The van der Waals surface area contributed by atoms with Crippen molar-refractivity contribution in [2.24, 2.45) is 0 Å². The Labute approximate surface area is 96.8 Å². The average Bonchev–Trinajstić information content (AvgIpc) is 2.08. The van der Waals surface area contributed by atoms with Crippen LogP contribution < -0.4 is 5.56 Å². The maximum atomic E-state index is 12.1. The Kier molecular flexibility index (Phi) is 3.83. The topological polar surface area (TPSA) is 22.0 Å². The van der Waals surface area contributed by atoms with Crippen LogP contribution >= 0.6 is 27.5 Å². The Morgan fingerprint density at radius 1 is 1.47 bits per heavy atom. The number of nitrogens with zero attached hydrogens (tertiary/aromatic N) is 1. The van der Waals surface area contributed by atoms with Crippen molar-refractivity contribution >= 4 is 27.5 Å². The molecule has 0 spiro atoms. The fraction of sp³-hybridized carbons (Fsp3) is 0.375. The zero-order valence-electron chi connectivity index (χ0n) is 7.31. The largest absolute Gasteiger partial charge is 0.406 e. The molecule has 0 aromatic carbocycles. The van der Waals surface area contributed by atoms with E-state index < -0.39 is 18.3 Å². The molecule has 2 nitrogen and oxygen atoms in total. The van der Waals surface area contributed by atoms with Gasteiger partial charge in [-0.25, -0.2) is 0 Å². The molecule has 7 heteroatoms. The minimum atomic E-state index is -4.42. The van der Waals surface area contributed by atoms with Gasteiger partial charge in [-0.05, 0) is 22.0 Å². The van der Waals surface area contributed by atoms with Crippen molar-refractivity contribution in [2.45, 2.75) is 18.6 Å². The number of alkyl halides is 4. The van der Waals surface area contributed by atoms with Crippen LogP contribution in [0, 0.1) is 0 Å². The molecule has 1 heterocycles. The van der Waals surface area contributed by atoms with Crippen LogP contribution in [0.15, 0.2) is 21.5 Å². The van der Waals surface area contributed by atoms with Crippen LogP contribution in [0.4, 0.5) is 13.2 Å². The summed E-state index contributed by atoms with van der Waals surface area (Å²) < 4.78 is 37.2. The first-order valence-corrected chi connectivity index (χ1v) is 5.18. The first kappa shape index (κ1) is 12.6. The van der Waals surface area contributed by atoms with E-state index in [1.165, 1.54) is 6.07 Å². The van der Waals surface area contributed by atoms with Crippen molar-refractivity contribution < 1.29 is 13.2 Å². The summed E-state index contributed by atoms with van der Waals surface area (Å²) in [5, 5.41) is 0. The normalized spacial score (nSPS) is 11.8. The van der Waals surface area contributed by atoms with Gasteiger partial charge in [0, 0.05) is 16.2 Å². The summed E-state index contributed by atoms with van der Waals surface area (Å²) >= 11 is 8.44. The fourth-order valence-electron chi connectivity index (χ4n) is 1.06. The van der Waals surface area contributed by atoms with E-state index in [4.69, 9.17) is 11.6 Å². The van der Waals surface area contributed by atoms with Crippen molar-refractivity contribution in [2.75, 3.05) is 0 Å². The number of rotatable bonds is 2. The number of hydrogen-bond donors (Lipinski definition) is 0. The molecule has 1 aromatic heterocycles. The van der Waals surface area contributed by atoms with Gasteiger partial charge in [0.25, 0.3) is 5.56 Å². The molecule has 0 aliphatic heterocycles. The number of hydrogen-bond acceptors (Lipinski definition) is 1. The molecule has 0 N–H and O–H groups in total. The fourth-order valence-corrected chi connectivity index (χ4v) is 1.78. The number of pyridine rings is 1. The molecule has 0 bridgehead atoms. The monoisotopic (exact) mass is 303 g/mol. The Balaban J connectivity index is 3.18. The van der Waals surface area contributed by atoms with Crippen LogP contribution in [0.25, 0.3) is 0 Å². The molecule has 0 radical (unpaired) electrons. The third-order valence-electron chi connectivity index (χ3n) is 1.62. The Morgan fingerprint density at radius 2 is 2.07 bits per heavy atom. The van der Waals surface area contributed by atoms with Crippen molar-refractivity contribution in [3.63, 3.8) is 0 Å². The molecule has 1 aromatic rings. The van der Waals surface area contributed by atoms with Gasteiger partial charge in [0.1, 0.15) is 6.54 Å². The van der Waals surface area contributed by atoms with Gasteiger partial charge in [0.05, 0.1) is 5.88 Å². The van der Waals surface area contributed by atoms with E-state index in [0.717, 1.165) is 6.20 Å². The van der Waals surface area contributed by atoms with Crippen molar-refractivity contribution in [1.29, 1.82) is 0 Å². The number of halogens is 5. The maximum Gasteiger partial charge on any atom is 0.406 e. The molecular formula is C8H6BrClF3NO. The smallest absolute Gasteiger partial charge is 0.305 e. The van der Waals surface area contributed by atoms with E-state index >= 15 is 0 Å². The zero-order chi connectivity index (χ0) is 11.6. The van der Waals surface area contributed by atoms with Crippen molar-refractivity contribution in [3.05, 3.63) is 32.7 Å². The van der Waals surface area contributed by atoms with Crippen LogP contribution in [-0.2, 0) is 12.4 Å². The Hall–Kier alpha value is -0.490. The summed E-state index contributed by atoms with van der Waals surface area (Å²) in [4.78, 5) is 11.4. The quantitative estimate of drug-likeness (QED) is 0.770. The lowest BCUT2D eigenvalue weighted by Gasteiger charge is -2.10. The highest BCUT2D eigenvalue weighted by Gasteiger charge is 2.28. The molecule has 0 unspecified atom stereocenters. The molecule has 0 amide bonds. The summed E-state index contributed by atoms with van der Waals surface area (Å²) in [6.45, 7) is -1.31. The van der Waals surface area contributed by atoms with Crippen LogP contribution in [0.5, 0.6) is 0 Å². The Bertz CT molecular complexity index is 415. The minimum absolute atomic E-state index is 0.115. The lowest BCUT2D eigenvalue weighted by Crippen LogP contribution is -2.29. The molecule has 0 saturated carbocycles. The predicted octanol–water partition coefficient (Wildman–Crippen LogP) is 2.91. The van der Waals surface area contributed by atoms with Crippen LogP contribution in [0.1, 0.15) is 5.56 Å². The van der Waals surface area contributed by atoms with E-state index in [1.54, 1.807) is 0 Å². The molecule has 1 rings (SSSR count). The third kappa shape index (κ3) is 3.53. The second-order valence-electron chi connectivity index (χ2n) is 2.87. The van der Waals surface area contributed by atoms with Gasteiger partial charge in [0.2, 0.25) is 0 Å². The average molecular weight is 304 g/mol. The highest BCUT2D eigenvalue weighted by Crippen LogP contribution is 2.18. The second-order valence-corrected chi connectivity index (χ2v) is 4.05. The van der Waals surface area contributed by atoms with Crippen molar-refractivity contribution in [1.82, 2.24) is 4.57 Å². The van der Waals surface area contributed by atoms with Gasteiger partial charge in [-0.15, -0.1) is 11.6 Å². The first-order valence-electron chi connectivity index (χ1n) is 3.85. The zero-order valence-corrected chi connectivity index (χ0v) is 9.66. The van der Waals surface area contributed by atoms with E-state index in [9.17, 15) is 18.0 Å². The molecule has 0 atom stereocenters. The molecule has 15 heavy (non-hydrogen) atoms. The first-order chi connectivity index (χ1) is 6.83. The van der Waals surface area contributed by atoms with E-state index in [-0.39, 0.29) is 11.4 Å². The van der Waals surface area contributed by atoms with Crippen LogP contribution in [-0.4, -0.2) is 10.7 Å². The van der Waals surface area contributed by atoms with Crippen LogP contribution in [0.2, 0.25) is 0 Å². The summed E-state index contributed by atoms with van der Waals surface area (Å²) in [6, 6.07) is 1.40. The highest BCUT2D eigenvalue weighted by atomic mass is 79.9.